The number of carbonyl (C=O) groups excluding carboxylic acids is 1. The summed E-state index contributed by atoms with van der Waals surface area (Å²) in [6.45, 7) is 0. The summed E-state index contributed by atoms with van der Waals surface area (Å²) in [6, 6.07) is 5.33. The Morgan fingerprint density at radius 2 is 2.29 bits per heavy atom. The van der Waals surface area contributed by atoms with Crippen LogP contribution < -0.4 is 10.1 Å². The molecule has 1 aliphatic rings. The maximum absolute atomic E-state index is 11.7. The zero-order valence-electron chi connectivity index (χ0n) is 9.43. The minimum Gasteiger partial charge on any atom is -0.481 e. The van der Waals surface area contributed by atoms with Gasteiger partial charge in [-0.15, -0.1) is 0 Å². The summed E-state index contributed by atoms with van der Waals surface area (Å²) in [6.07, 6.45) is 1.64. The minimum absolute atomic E-state index is 0.167. The second-order valence-corrected chi connectivity index (χ2v) is 3.84. The van der Waals surface area contributed by atoms with Crippen LogP contribution in [0.1, 0.15) is 5.69 Å². The maximum atomic E-state index is 11.7. The van der Waals surface area contributed by atoms with Gasteiger partial charge < -0.3 is 10.1 Å². The highest BCUT2D eigenvalue weighted by Gasteiger charge is 2.26. The van der Waals surface area contributed by atoms with Gasteiger partial charge >= 0.3 is 0 Å². The molecule has 1 aromatic rings. The number of carbonyl (C=O) groups is 1. The van der Waals surface area contributed by atoms with E-state index in [1.54, 1.807) is 38.4 Å². The number of rotatable bonds is 2. The fraction of sp³-hybridized carbons (Fsp3) is 0.182. The molecule has 88 valence electrons. The highest BCUT2D eigenvalue weighted by molar-refractivity contribution is 7.80. The maximum Gasteiger partial charge on any atom is 0.276 e. The number of likely N-dealkylation sites (N-methyl/N-ethyl adjacent to an activating group) is 1. The van der Waals surface area contributed by atoms with E-state index in [9.17, 15) is 4.79 Å². The van der Waals surface area contributed by atoms with Crippen molar-refractivity contribution in [3.05, 3.63) is 29.6 Å². The molecule has 1 N–H and O–H groups in total. The number of ether oxygens (including phenoxy) is 1. The molecule has 0 atom stereocenters. The molecule has 0 aromatic carbocycles. The normalized spacial score (nSPS) is 17.5. The summed E-state index contributed by atoms with van der Waals surface area (Å²) < 4.78 is 5.01. The van der Waals surface area contributed by atoms with Crippen LogP contribution in [0, 0.1) is 0 Å². The first kappa shape index (κ1) is 11.5. The summed E-state index contributed by atoms with van der Waals surface area (Å²) in [7, 11) is 3.17. The molecule has 1 fully saturated rings. The predicted molar refractivity (Wildman–Crippen MR) is 67.3 cm³/mol. The molecule has 17 heavy (non-hydrogen) atoms. The molecule has 2 rings (SSSR count). The van der Waals surface area contributed by atoms with Crippen molar-refractivity contribution in [2.75, 3.05) is 14.2 Å². The Morgan fingerprint density at radius 1 is 1.53 bits per heavy atom. The van der Waals surface area contributed by atoms with Crippen LogP contribution in [0.5, 0.6) is 5.88 Å². The van der Waals surface area contributed by atoms with E-state index in [1.807, 2.05) is 0 Å². The highest BCUT2D eigenvalue weighted by Crippen LogP contribution is 2.13. The molecule has 1 amide bonds. The fourth-order valence-corrected chi connectivity index (χ4v) is 1.59. The molecular formula is C11H11N3O2S. The molecule has 0 saturated carbocycles. The second-order valence-electron chi connectivity index (χ2n) is 3.46. The van der Waals surface area contributed by atoms with E-state index in [0.29, 0.717) is 22.4 Å². The molecule has 6 heteroatoms. The van der Waals surface area contributed by atoms with Crippen molar-refractivity contribution in [1.29, 1.82) is 0 Å². The lowest BCUT2D eigenvalue weighted by molar-refractivity contribution is -0.121. The van der Waals surface area contributed by atoms with E-state index >= 15 is 0 Å². The second kappa shape index (κ2) is 4.50. The largest absolute Gasteiger partial charge is 0.481 e. The summed E-state index contributed by atoms with van der Waals surface area (Å²) in [4.78, 5) is 17.3. The monoisotopic (exact) mass is 249 g/mol. The lowest BCUT2D eigenvalue weighted by Crippen LogP contribution is -2.25. The number of thiocarbonyl (C=S) groups is 1. The van der Waals surface area contributed by atoms with Crippen molar-refractivity contribution in [3.63, 3.8) is 0 Å². The number of nitrogens with one attached hydrogen (secondary N) is 1. The first-order valence-corrected chi connectivity index (χ1v) is 5.34. The average molecular weight is 249 g/mol. The molecule has 1 saturated heterocycles. The van der Waals surface area contributed by atoms with E-state index in [1.165, 1.54) is 4.90 Å². The SMILES string of the molecule is COc1cccc(/C=C2/NC(=S)N(C)C2=O)n1. The Bertz CT molecular complexity index is 513. The van der Waals surface area contributed by atoms with Crippen LogP contribution in [-0.2, 0) is 4.79 Å². The molecule has 0 aliphatic carbocycles. The van der Waals surface area contributed by atoms with Gasteiger partial charge in [0.2, 0.25) is 5.88 Å². The van der Waals surface area contributed by atoms with Crippen LogP contribution in [0.25, 0.3) is 6.08 Å². The third kappa shape index (κ3) is 2.26. The van der Waals surface area contributed by atoms with Gasteiger partial charge in [0.25, 0.3) is 5.91 Å². The molecule has 0 spiro atoms. The quantitative estimate of drug-likeness (QED) is 0.620. The molecule has 0 radical (unpaired) electrons. The number of aromatic nitrogens is 1. The summed E-state index contributed by atoms with van der Waals surface area (Å²) in [5.41, 5.74) is 1.05. The number of amides is 1. The molecule has 1 aromatic heterocycles. The van der Waals surface area contributed by atoms with Gasteiger partial charge in [0.1, 0.15) is 5.70 Å². The lowest BCUT2D eigenvalue weighted by atomic mass is 10.3. The van der Waals surface area contributed by atoms with Crippen LogP contribution in [0.4, 0.5) is 0 Å². The molecule has 5 nitrogen and oxygen atoms in total. The van der Waals surface area contributed by atoms with Gasteiger partial charge in [-0.25, -0.2) is 4.98 Å². The smallest absolute Gasteiger partial charge is 0.276 e. The molecule has 2 heterocycles. The van der Waals surface area contributed by atoms with Gasteiger partial charge in [0, 0.05) is 13.1 Å². The Balaban J connectivity index is 2.30. The van der Waals surface area contributed by atoms with Crippen LogP contribution in [0.15, 0.2) is 23.9 Å². The molecule has 0 bridgehead atoms. The van der Waals surface area contributed by atoms with Gasteiger partial charge in [-0.2, -0.15) is 0 Å². The summed E-state index contributed by atoms with van der Waals surface area (Å²) in [5.74, 6) is 0.334. The molecular weight excluding hydrogens is 238 g/mol. The number of pyridine rings is 1. The Hall–Kier alpha value is -1.95. The lowest BCUT2D eigenvalue weighted by Gasteiger charge is -2.02. The van der Waals surface area contributed by atoms with Crippen molar-refractivity contribution < 1.29 is 9.53 Å². The Morgan fingerprint density at radius 3 is 2.88 bits per heavy atom. The van der Waals surface area contributed by atoms with Gasteiger partial charge in [-0.3, -0.25) is 9.69 Å². The van der Waals surface area contributed by atoms with Crippen LogP contribution in [0.3, 0.4) is 0 Å². The van der Waals surface area contributed by atoms with E-state index in [-0.39, 0.29) is 5.91 Å². The van der Waals surface area contributed by atoms with Gasteiger partial charge in [-0.1, -0.05) is 6.07 Å². The van der Waals surface area contributed by atoms with Crippen LogP contribution >= 0.6 is 12.2 Å². The zero-order valence-corrected chi connectivity index (χ0v) is 10.2. The Kier molecular flexibility index (Phi) is 3.06. The first-order chi connectivity index (χ1) is 8.11. The standard InChI is InChI=1S/C11H11N3O2S/c1-14-10(15)8(13-11(14)17)6-7-4-3-5-9(12-7)16-2/h3-6H,1-2H3,(H,13,17)/b8-6+. The van der Waals surface area contributed by atoms with E-state index in [2.05, 4.69) is 10.3 Å². The Labute approximate surface area is 104 Å². The minimum atomic E-state index is -0.167. The topological polar surface area (TPSA) is 54.5 Å². The first-order valence-electron chi connectivity index (χ1n) is 4.93. The van der Waals surface area contributed by atoms with Crippen LogP contribution in [-0.4, -0.2) is 35.1 Å². The van der Waals surface area contributed by atoms with Crippen molar-refractivity contribution in [3.8, 4) is 5.88 Å². The van der Waals surface area contributed by atoms with E-state index in [4.69, 9.17) is 17.0 Å². The predicted octanol–water partition coefficient (Wildman–Crippen LogP) is 0.778. The van der Waals surface area contributed by atoms with Crippen molar-refractivity contribution in [1.82, 2.24) is 15.2 Å². The van der Waals surface area contributed by atoms with E-state index < -0.39 is 0 Å². The highest BCUT2D eigenvalue weighted by atomic mass is 32.1. The van der Waals surface area contributed by atoms with Gasteiger partial charge in [0.15, 0.2) is 5.11 Å². The van der Waals surface area contributed by atoms with Gasteiger partial charge in [-0.05, 0) is 24.4 Å². The van der Waals surface area contributed by atoms with E-state index in [0.717, 1.165) is 0 Å². The molecule has 0 unspecified atom stereocenters. The average Bonchev–Trinajstić information content (AvgIpc) is 2.57. The summed E-state index contributed by atoms with van der Waals surface area (Å²) >= 11 is 4.97. The number of nitrogens with zero attached hydrogens (tertiary/aromatic N) is 2. The third-order valence-corrected chi connectivity index (χ3v) is 2.70. The number of hydrogen-bond acceptors (Lipinski definition) is 4. The van der Waals surface area contributed by atoms with Gasteiger partial charge in [0.05, 0.1) is 12.8 Å². The zero-order chi connectivity index (χ0) is 12.4. The van der Waals surface area contributed by atoms with Crippen molar-refractivity contribution >= 4 is 29.3 Å². The summed E-state index contributed by atoms with van der Waals surface area (Å²) in [5, 5.41) is 3.22. The van der Waals surface area contributed by atoms with Crippen LogP contribution in [0.2, 0.25) is 0 Å². The number of methoxy groups -OCH3 is 1. The molecule has 1 aliphatic heterocycles. The van der Waals surface area contributed by atoms with Crippen molar-refractivity contribution in [2.24, 2.45) is 0 Å². The third-order valence-electron chi connectivity index (χ3n) is 2.33. The fourth-order valence-electron chi connectivity index (χ4n) is 1.40. The number of hydrogen-bond donors (Lipinski definition) is 1. The van der Waals surface area contributed by atoms with Crippen molar-refractivity contribution in [2.45, 2.75) is 0 Å².